The molecule has 5 heterocycles. The molecule has 150 valence electrons. The minimum Gasteiger partial charge on any atom is -0.382 e. The van der Waals surface area contributed by atoms with Gasteiger partial charge in [-0.25, -0.2) is 9.97 Å². The minimum atomic E-state index is -1.09. The number of terminal acetylenes is 1. The molecule has 2 atom stereocenters. The van der Waals surface area contributed by atoms with Crippen molar-refractivity contribution in [3.63, 3.8) is 0 Å². The van der Waals surface area contributed by atoms with Crippen molar-refractivity contribution in [3.8, 4) is 23.6 Å². The first-order valence-corrected chi connectivity index (χ1v) is 10.4. The van der Waals surface area contributed by atoms with Crippen LogP contribution in [0.2, 0.25) is 0 Å². The highest BCUT2D eigenvalue weighted by Crippen LogP contribution is 2.48. The number of benzene rings is 1. The van der Waals surface area contributed by atoms with Gasteiger partial charge in [-0.15, -0.1) is 6.42 Å². The molecular formula is C25H24N4O. The Morgan fingerprint density at radius 1 is 1.10 bits per heavy atom. The average Bonchev–Trinajstić information content (AvgIpc) is 2.81. The number of nitrogens with zero attached hydrogens (tertiary/aromatic N) is 4. The van der Waals surface area contributed by atoms with Gasteiger partial charge in [-0.3, -0.25) is 9.88 Å². The summed E-state index contributed by atoms with van der Waals surface area (Å²) in [4.78, 5) is 15.2. The van der Waals surface area contributed by atoms with Crippen LogP contribution in [-0.2, 0) is 12.0 Å². The van der Waals surface area contributed by atoms with Crippen LogP contribution < -0.4 is 0 Å². The molecule has 6 rings (SSSR count). The lowest BCUT2D eigenvalue weighted by molar-refractivity contribution is -0.143. The molecule has 5 nitrogen and oxygen atoms in total. The van der Waals surface area contributed by atoms with Crippen molar-refractivity contribution in [1.82, 2.24) is 19.9 Å². The van der Waals surface area contributed by atoms with Gasteiger partial charge in [0.1, 0.15) is 18.0 Å². The summed E-state index contributed by atoms with van der Waals surface area (Å²) in [7, 11) is 0. The summed E-state index contributed by atoms with van der Waals surface area (Å²) in [6, 6.07) is 12.0. The molecule has 2 unspecified atom stereocenters. The fourth-order valence-electron chi connectivity index (χ4n) is 5.11. The highest BCUT2D eigenvalue weighted by Gasteiger charge is 2.54. The Hall–Kier alpha value is -3.07. The summed E-state index contributed by atoms with van der Waals surface area (Å²) in [5.41, 5.74) is 3.65. The Morgan fingerprint density at radius 2 is 1.83 bits per heavy atom. The van der Waals surface area contributed by atoms with E-state index >= 15 is 0 Å². The zero-order valence-corrected chi connectivity index (χ0v) is 16.8. The molecule has 30 heavy (non-hydrogen) atoms. The number of pyridine rings is 1. The van der Waals surface area contributed by atoms with Gasteiger partial charge < -0.3 is 5.11 Å². The molecule has 3 aromatic rings. The second-order valence-electron chi connectivity index (χ2n) is 8.22. The van der Waals surface area contributed by atoms with Crippen molar-refractivity contribution in [2.75, 3.05) is 13.1 Å². The number of fused-ring (bicyclic) bond motifs is 3. The molecule has 2 aromatic heterocycles. The summed E-state index contributed by atoms with van der Waals surface area (Å²) >= 11 is 0. The molecule has 5 heteroatoms. The number of aromatic nitrogens is 3. The van der Waals surface area contributed by atoms with Crippen LogP contribution in [0.4, 0.5) is 0 Å². The highest BCUT2D eigenvalue weighted by atomic mass is 16.3. The monoisotopic (exact) mass is 396 g/mol. The largest absolute Gasteiger partial charge is 0.382 e. The lowest BCUT2D eigenvalue weighted by atomic mass is 9.66. The van der Waals surface area contributed by atoms with Gasteiger partial charge in [0, 0.05) is 29.7 Å². The van der Waals surface area contributed by atoms with E-state index in [9.17, 15) is 5.11 Å². The van der Waals surface area contributed by atoms with Gasteiger partial charge in [-0.2, -0.15) is 0 Å². The molecule has 0 radical (unpaired) electrons. The summed E-state index contributed by atoms with van der Waals surface area (Å²) < 4.78 is 0. The van der Waals surface area contributed by atoms with Crippen molar-refractivity contribution < 1.29 is 5.11 Å². The zero-order chi connectivity index (χ0) is 20.6. The van der Waals surface area contributed by atoms with Crippen LogP contribution >= 0.6 is 0 Å². The summed E-state index contributed by atoms with van der Waals surface area (Å²) in [6.07, 6.45) is 15.4. The van der Waals surface area contributed by atoms with Crippen molar-refractivity contribution >= 4 is 0 Å². The van der Waals surface area contributed by atoms with Gasteiger partial charge in [-0.05, 0) is 55.5 Å². The third-order valence-electron chi connectivity index (χ3n) is 6.61. The summed E-state index contributed by atoms with van der Waals surface area (Å²) in [6.45, 7) is 1.89. The SMILES string of the molecule is C#CC1N2CCC(CC2)C1(O)c1cnc(-c2cncnc2)cc1Cc1ccccc1. The molecule has 2 bridgehead atoms. The molecule has 0 saturated carbocycles. The number of aliphatic hydroxyl groups is 1. The predicted octanol–water partition coefficient (Wildman–Crippen LogP) is 3.04. The average molecular weight is 396 g/mol. The minimum absolute atomic E-state index is 0.144. The van der Waals surface area contributed by atoms with E-state index in [1.165, 1.54) is 11.9 Å². The van der Waals surface area contributed by atoms with Gasteiger partial charge in [-0.1, -0.05) is 36.3 Å². The number of hydrogen-bond donors (Lipinski definition) is 1. The first kappa shape index (κ1) is 18.9. The second kappa shape index (κ2) is 7.64. The molecule has 0 spiro atoms. The Kier molecular flexibility index (Phi) is 4.82. The number of piperidine rings is 3. The first-order valence-electron chi connectivity index (χ1n) is 10.4. The smallest absolute Gasteiger partial charge is 0.121 e. The van der Waals surface area contributed by atoms with Crippen LogP contribution in [-0.4, -0.2) is 44.1 Å². The van der Waals surface area contributed by atoms with E-state index in [2.05, 4.69) is 39.0 Å². The van der Waals surface area contributed by atoms with Crippen LogP contribution in [0.15, 0.2) is 61.3 Å². The van der Waals surface area contributed by atoms with Gasteiger partial charge in [0.25, 0.3) is 0 Å². The fraction of sp³-hybridized carbons (Fsp3) is 0.320. The lowest BCUT2D eigenvalue weighted by Crippen LogP contribution is -2.63. The molecule has 0 aliphatic carbocycles. The van der Waals surface area contributed by atoms with Crippen LogP contribution in [0.3, 0.4) is 0 Å². The quantitative estimate of drug-likeness (QED) is 0.687. The molecule has 0 amide bonds. The van der Waals surface area contributed by atoms with Crippen molar-refractivity contribution in [3.05, 3.63) is 78.0 Å². The van der Waals surface area contributed by atoms with Gasteiger partial charge >= 0.3 is 0 Å². The Bertz CT molecular complexity index is 1070. The predicted molar refractivity (Wildman–Crippen MR) is 115 cm³/mol. The number of rotatable bonds is 4. The van der Waals surface area contributed by atoms with Crippen molar-refractivity contribution in [2.24, 2.45) is 5.92 Å². The third kappa shape index (κ3) is 3.09. The van der Waals surface area contributed by atoms with Gasteiger partial charge in [0.05, 0.1) is 5.69 Å². The fourth-order valence-corrected chi connectivity index (χ4v) is 5.11. The maximum absolute atomic E-state index is 12.1. The molecule has 1 aromatic carbocycles. The number of hydrogen-bond acceptors (Lipinski definition) is 5. The molecule has 3 fully saturated rings. The molecule has 3 saturated heterocycles. The van der Waals surface area contributed by atoms with Crippen LogP contribution in [0.1, 0.15) is 29.5 Å². The Balaban J connectivity index is 1.65. The van der Waals surface area contributed by atoms with E-state index in [1.807, 2.05) is 24.4 Å². The van der Waals surface area contributed by atoms with Gasteiger partial charge in [0.15, 0.2) is 0 Å². The zero-order valence-electron chi connectivity index (χ0n) is 16.8. The Labute approximate surface area is 176 Å². The normalized spacial score (nSPS) is 27.5. The van der Waals surface area contributed by atoms with E-state index < -0.39 is 5.60 Å². The molecule has 3 aliphatic rings. The molecule has 3 aliphatic heterocycles. The van der Waals surface area contributed by atoms with Gasteiger partial charge in [0.2, 0.25) is 0 Å². The van der Waals surface area contributed by atoms with E-state index in [0.717, 1.165) is 48.3 Å². The Morgan fingerprint density at radius 3 is 2.53 bits per heavy atom. The van der Waals surface area contributed by atoms with Crippen LogP contribution in [0.25, 0.3) is 11.3 Å². The van der Waals surface area contributed by atoms with Crippen molar-refractivity contribution in [1.29, 1.82) is 0 Å². The summed E-state index contributed by atoms with van der Waals surface area (Å²) in [5.74, 6) is 3.03. The topological polar surface area (TPSA) is 62.1 Å². The van der Waals surface area contributed by atoms with E-state index in [-0.39, 0.29) is 12.0 Å². The maximum atomic E-state index is 12.1. The molecular weight excluding hydrogens is 372 g/mol. The second-order valence-corrected chi connectivity index (χ2v) is 8.22. The van der Waals surface area contributed by atoms with Crippen LogP contribution in [0, 0.1) is 18.3 Å². The summed E-state index contributed by atoms with van der Waals surface area (Å²) in [5, 5.41) is 12.1. The molecule has 1 N–H and O–H groups in total. The van der Waals surface area contributed by atoms with E-state index in [1.54, 1.807) is 12.4 Å². The van der Waals surface area contributed by atoms with Crippen LogP contribution in [0.5, 0.6) is 0 Å². The maximum Gasteiger partial charge on any atom is 0.121 e. The highest BCUT2D eigenvalue weighted by molar-refractivity contribution is 5.59. The third-order valence-corrected chi connectivity index (χ3v) is 6.61. The standard InChI is InChI=1S/C25H24N4O/c1-2-24-25(30,21-8-10-29(24)11-9-21)22-16-28-23(20-14-26-17-27-15-20)13-19(22)12-18-6-4-3-5-7-18/h1,3-7,13-17,21,24,30H,8-12H2. The first-order chi connectivity index (χ1) is 14.7. The van der Waals surface area contributed by atoms with Crippen molar-refractivity contribution in [2.45, 2.75) is 30.9 Å². The van der Waals surface area contributed by atoms with E-state index in [4.69, 9.17) is 11.4 Å². The van der Waals surface area contributed by atoms with E-state index in [0.29, 0.717) is 6.42 Å². The lowest BCUT2D eigenvalue weighted by Gasteiger charge is -2.54.